The standard InChI is InChI=1S/C11H14FNO/c12-10-4-1-8(2-5-10)9-3-6-11(7-9)13-14/h1-2,4-5,9,11,13-14H,3,6-7H2/t9-,11+/m0/s1. The van der Waals surface area contributed by atoms with Crippen LogP contribution in [0.3, 0.4) is 0 Å². The predicted molar refractivity (Wildman–Crippen MR) is 51.7 cm³/mol. The van der Waals surface area contributed by atoms with Gasteiger partial charge in [0, 0.05) is 6.04 Å². The maximum absolute atomic E-state index is 12.7. The van der Waals surface area contributed by atoms with Gasteiger partial charge >= 0.3 is 0 Å². The smallest absolute Gasteiger partial charge is 0.123 e. The van der Waals surface area contributed by atoms with Gasteiger partial charge in [-0.15, -0.1) is 0 Å². The van der Waals surface area contributed by atoms with Crippen LogP contribution in [0.1, 0.15) is 30.7 Å². The monoisotopic (exact) mass is 195 g/mol. The van der Waals surface area contributed by atoms with Crippen molar-refractivity contribution in [3.63, 3.8) is 0 Å². The van der Waals surface area contributed by atoms with Crippen LogP contribution in [0, 0.1) is 5.82 Å². The number of hydroxylamine groups is 1. The SMILES string of the molecule is ON[C@@H]1CC[C@H](c2ccc(F)cc2)C1. The predicted octanol–water partition coefficient (Wildman–Crippen LogP) is 2.44. The molecule has 0 radical (unpaired) electrons. The molecule has 0 aliphatic heterocycles. The molecule has 0 spiro atoms. The minimum atomic E-state index is -0.191. The molecule has 2 rings (SSSR count). The fraction of sp³-hybridized carbons (Fsp3) is 0.455. The van der Waals surface area contributed by atoms with E-state index >= 15 is 0 Å². The van der Waals surface area contributed by atoms with Gasteiger partial charge in [-0.1, -0.05) is 12.1 Å². The Balaban J connectivity index is 2.06. The topological polar surface area (TPSA) is 32.3 Å². The van der Waals surface area contributed by atoms with Crippen LogP contribution >= 0.6 is 0 Å². The zero-order valence-corrected chi connectivity index (χ0v) is 7.91. The quantitative estimate of drug-likeness (QED) is 0.710. The van der Waals surface area contributed by atoms with Crippen molar-refractivity contribution in [1.29, 1.82) is 0 Å². The van der Waals surface area contributed by atoms with E-state index in [1.165, 1.54) is 17.7 Å². The second-order valence-corrected chi connectivity index (χ2v) is 3.89. The maximum atomic E-state index is 12.7. The van der Waals surface area contributed by atoms with Crippen LogP contribution in [0.25, 0.3) is 0 Å². The summed E-state index contributed by atoms with van der Waals surface area (Å²) >= 11 is 0. The Labute approximate surface area is 82.7 Å². The van der Waals surface area contributed by atoms with Crippen molar-refractivity contribution in [2.24, 2.45) is 0 Å². The molecule has 1 aliphatic carbocycles. The van der Waals surface area contributed by atoms with E-state index in [4.69, 9.17) is 5.21 Å². The van der Waals surface area contributed by atoms with E-state index < -0.39 is 0 Å². The second kappa shape index (κ2) is 4.07. The lowest BCUT2D eigenvalue weighted by Gasteiger charge is -2.10. The molecule has 14 heavy (non-hydrogen) atoms. The zero-order chi connectivity index (χ0) is 9.97. The van der Waals surface area contributed by atoms with Crippen molar-refractivity contribution in [3.8, 4) is 0 Å². The average Bonchev–Trinajstić information content (AvgIpc) is 2.67. The highest BCUT2D eigenvalue weighted by molar-refractivity contribution is 5.21. The first kappa shape index (κ1) is 9.62. The lowest BCUT2D eigenvalue weighted by atomic mass is 9.97. The van der Waals surface area contributed by atoms with Crippen LogP contribution in [-0.2, 0) is 0 Å². The lowest BCUT2D eigenvalue weighted by molar-refractivity contribution is 0.127. The largest absolute Gasteiger partial charge is 0.317 e. The molecular weight excluding hydrogens is 181 g/mol. The summed E-state index contributed by atoms with van der Waals surface area (Å²) in [5.74, 6) is 0.267. The number of benzene rings is 1. The van der Waals surface area contributed by atoms with Gasteiger partial charge in [0.2, 0.25) is 0 Å². The van der Waals surface area contributed by atoms with E-state index in [0.29, 0.717) is 5.92 Å². The molecule has 0 amide bonds. The van der Waals surface area contributed by atoms with E-state index in [1.54, 1.807) is 0 Å². The Kier molecular flexibility index (Phi) is 2.79. The van der Waals surface area contributed by atoms with Crippen LogP contribution in [0.5, 0.6) is 0 Å². The van der Waals surface area contributed by atoms with Gasteiger partial charge in [0.15, 0.2) is 0 Å². The van der Waals surface area contributed by atoms with Crippen LogP contribution < -0.4 is 5.48 Å². The number of hydrogen-bond acceptors (Lipinski definition) is 2. The molecule has 1 aliphatic rings. The first-order chi connectivity index (χ1) is 6.79. The van der Waals surface area contributed by atoms with Gasteiger partial charge in [-0.3, -0.25) is 0 Å². The highest BCUT2D eigenvalue weighted by Crippen LogP contribution is 2.34. The van der Waals surface area contributed by atoms with Gasteiger partial charge < -0.3 is 5.21 Å². The first-order valence-electron chi connectivity index (χ1n) is 4.94. The Morgan fingerprint density at radius 2 is 1.93 bits per heavy atom. The molecule has 2 nitrogen and oxygen atoms in total. The van der Waals surface area contributed by atoms with Crippen molar-refractivity contribution in [2.45, 2.75) is 31.2 Å². The molecule has 1 fully saturated rings. The van der Waals surface area contributed by atoms with Crippen molar-refractivity contribution in [1.82, 2.24) is 5.48 Å². The van der Waals surface area contributed by atoms with Crippen molar-refractivity contribution in [2.75, 3.05) is 0 Å². The summed E-state index contributed by atoms with van der Waals surface area (Å²) in [6.45, 7) is 0. The third-order valence-electron chi connectivity index (χ3n) is 2.96. The molecule has 0 unspecified atom stereocenters. The molecule has 76 valence electrons. The highest BCUT2D eigenvalue weighted by Gasteiger charge is 2.25. The first-order valence-corrected chi connectivity index (χ1v) is 4.94. The fourth-order valence-corrected chi connectivity index (χ4v) is 2.14. The molecule has 1 aromatic rings. The maximum Gasteiger partial charge on any atom is 0.123 e. The molecule has 0 heterocycles. The molecule has 0 bridgehead atoms. The van der Waals surface area contributed by atoms with Gasteiger partial charge in [0.05, 0.1) is 0 Å². The van der Waals surface area contributed by atoms with Crippen molar-refractivity contribution < 1.29 is 9.60 Å². The summed E-state index contributed by atoms with van der Waals surface area (Å²) in [6.07, 6.45) is 2.98. The van der Waals surface area contributed by atoms with Crippen LogP contribution in [0.2, 0.25) is 0 Å². The molecule has 2 N–H and O–H groups in total. The molecule has 1 aromatic carbocycles. The number of nitrogens with one attached hydrogen (secondary N) is 1. The third-order valence-corrected chi connectivity index (χ3v) is 2.96. The Morgan fingerprint density at radius 3 is 2.50 bits per heavy atom. The molecule has 0 aromatic heterocycles. The summed E-state index contributed by atoms with van der Waals surface area (Å²) in [6, 6.07) is 6.86. The Bertz CT molecular complexity index is 299. The van der Waals surface area contributed by atoms with Gasteiger partial charge in [-0.2, -0.15) is 0 Å². The fourth-order valence-electron chi connectivity index (χ4n) is 2.14. The van der Waals surface area contributed by atoms with E-state index in [0.717, 1.165) is 19.3 Å². The molecular formula is C11H14FNO. The Hall–Kier alpha value is -0.930. The van der Waals surface area contributed by atoms with Crippen molar-refractivity contribution in [3.05, 3.63) is 35.6 Å². The second-order valence-electron chi connectivity index (χ2n) is 3.89. The summed E-state index contributed by atoms with van der Waals surface area (Å²) in [5.41, 5.74) is 3.47. The number of rotatable bonds is 2. The minimum Gasteiger partial charge on any atom is -0.317 e. The van der Waals surface area contributed by atoms with Crippen LogP contribution in [0.4, 0.5) is 4.39 Å². The molecule has 2 atom stereocenters. The van der Waals surface area contributed by atoms with Gasteiger partial charge in [0.1, 0.15) is 5.82 Å². The molecule has 1 saturated carbocycles. The third kappa shape index (κ3) is 1.94. The van der Waals surface area contributed by atoms with E-state index in [-0.39, 0.29) is 11.9 Å². The molecule has 0 saturated heterocycles. The van der Waals surface area contributed by atoms with Gasteiger partial charge in [0.25, 0.3) is 0 Å². The number of halogens is 1. The lowest BCUT2D eigenvalue weighted by Crippen LogP contribution is -2.21. The average molecular weight is 195 g/mol. The number of hydrogen-bond donors (Lipinski definition) is 2. The van der Waals surface area contributed by atoms with E-state index in [1.807, 2.05) is 12.1 Å². The highest BCUT2D eigenvalue weighted by atomic mass is 19.1. The van der Waals surface area contributed by atoms with Crippen LogP contribution in [-0.4, -0.2) is 11.2 Å². The normalized spacial score (nSPS) is 26.7. The van der Waals surface area contributed by atoms with E-state index in [9.17, 15) is 4.39 Å². The van der Waals surface area contributed by atoms with Gasteiger partial charge in [-0.25, -0.2) is 9.87 Å². The Morgan fingerprint density at radius 1 is 1.21 bits per heavy atom. The van der Waals surface area contributed by atoms with E-state index in [2.05, 4.69) is 5.48 Å². The summed E-state index contributed by atoms with van der Waals surface area (Å²) < 4.78 is 12.7. The zero-order valence-electron chi connectivity index (χ0n) is 7.91. The summed E-state index contributed by atoms with van der Waals surface area (Å²) in [7, 11) is 0. The van der Waals surface area contributed by atoms with Crippen molar-refractivity contribution >= 4 is 0 Å². The summed E-state index contributed by atoms with van der Waals surface area (Å²) in [5, 5.41) is 8.76. The van der Waals surface area contributed by atoms with Gasteiger partial charge in [-0.05, 0) is 42.9 Å². The summed E-state index contributed by atoms with van der Waals surface area (Å²) in [4.78, 5) is 0. The molecule has 3 heteroatoms. The minimum absolute atomic E-state index is 0.191. The van der Waals surface area contributed by atoms with Crippen LogP contribution in [0.15, 0.2) is 24.3 Å².